The Balaban J connectivity index is 1.82. The molecule has 3 aromatic rings. The Bertz CT molecular complexity index is 821. The van der Waals surface area contributed by atoms with E-state index in [1.165, 1.54) is 12.1 Å². The van der Waals surface area contributed by atoms with E-state index in [0.717, 1.165) is 11.4 Å². The zero-order chi connectivity index (χ0) is 16.2. The highest BCUT2D eigenvalue weighted by molar-refractivity contribution is 6.30. The highest BCUT2D eigenvalue weighted by Gasteiger charge is 2.04. The number of aromatic nitrogens is 2. The second kappa shape index (κ2) is 6.62. The van der Waals surface area contributed by atoms with Gasteiger partial charge in [0.2, 0.25) is 5.95 Å². The van der Waals surface area contributed by atoms with Gasteiger partial charge in [0.1, 0.15) is 11.6 Å². The Labute approximate surface area is 138 Å². The number of halogens is 2. The van der Waals surface area contributed by atoms with Crippen LogP contribution in [-0.4, -0.2) is 9.97 Å². The molecule has 0 aliphatic rings. The van der Waals surface area contributed by atoms with Gasteiger partial charge in [-0.1, -0.05) is 17.7 Å². The summed E-state index contributed by atoms with van der Waals surface area (Å²) >= 11 is 5.87. The summed E-state index contributed by atoms with van der Waals surface area (Å²) in [5.74, 6) is 0.716. The molecule has 6 heteroatoms. The van der Waals surface area contributed by atoms with Crippen molar-refractivity contribution in [1.82, 2.24) is 9.97 Å². The van der Waals surface area contributed by atoms with Crippen LogP contribution >= 0.6 is 11.6 Å². The molecule has 0 saturated carbocycles. The van der Waals surface area contributed by atoms with Gasteiger partial charge in [-0.15, -0.1) is 0 Å². The summed E-state index contributed by atoms with van der Waals surface area (Å²) < 4.78 is 13.2. The fourth-order valence-corrected chi connectivity index (χ4v) is 2.19. The first kappa shape index (κ1) is 15.2. The number of anilines is 4. The average Bonchev–Trinajstić information content (AvgIpc) is 2.49. The first-order valence-corrected chi connectivity index (χ1v) is 7.37. The van der Waals surface area contributed by atoms with Crippen LogP contribution in [0.4, 0.5) is 27.5 Å². The molecule has 0 fully saturated rings. The Morgan fingerprint density at radius 2 is 1.70 bits per heavy atom. The van der Waals surface area contributed by atoms with E-state index in [4.69, 9.17) is 11.6 Å². The predicted octanol–water partition coefficient (Wildman–Crippen LogP) is 5.06. The minimum Gasteiger partial charge on any atom is -0.340 e. The molecular weight excluding hydrogens is 315 g/mol. The molecule has 2 aromatic carbocycles. The normalized spacial score (nSPS) is 10.4. The van der Waals surface area contributed by atoms with Gasteiger partial charge in [-0.05, 0) is 49.4 Å². The Kier molecular flexibility index (Phi) is 4.39. The highest BCUT2D eigenvalue weighted by atomic mass is 35.5. The first-order chi connectivity index (χ1) is 11.1. The van der Waals surface area contributed by atoms with Crippen LogP contribution in [0.15, 0.2) is 54.6 Å². The lowest BCUT2D eigenvalue weighted by Crippen LogP contribution is -2.02. The van der Waals surface area contributed by atoms with Crippen molar-refractivity contribution in [1.29, 1.82) is 0 Å². The molecular formula is C17H14ClFN4. The second-order valence-electron chi connectivity index (χ2n) is 4.99. The number of nitrogens with one attached hydrogen (secondary N) is 2. The number of aryl methyl sites for hydroxylation is 1. The third-order valence-corrected chi connectivity index (χ3v) is 3.30. The van der Waals surface area contributed by atoms with E-state index in [0.29, 0.717) is 22.5 Å². The van der Waals surface area contributed by atoms with Gasteiger partial charge in [0.05, 0.1) is 0 Å². The summed E-state index contributed by atoms with van der Waals surface area (Å²) in [6, 6.07) is 15.3. The van der Waals surface area contributed by atoms with Gasteiger partial charge >= 0.3 is 0 Å². The molecule has 2 N–H and O–H groups in total. The quantitative estimate of drug-likeness (QED) is 0.702. The maximum atomic E-state index is 13.2. The number of nitrogens with zero attached hydrogens (tertiary/aromatic N) is 2. The maximum absolute atomic E-state index is 13.2. The fraction of sp³-hybridized carbons (Fsp3) is 0.0588. The maximum Gasteiger partial charge on any atom is 0.229 e. The summed E-state index contributed by atoms with van der Waals surface area (Å²) in [7, 11) is 0. The Morgan fingerprint density at radius 1 is 0.913 bits per heavy atom. The van der Waals surface area contributed by atoms with Crippen LogP contribution in [0.1, 0.15) is 5.69 Å². The summed E-state index contributed by atoms with van der Waals surface area (Å²) in [6.07, 6.45) is 0. The molecule has 23 heavy (non-hydrogen) atoms. The Morgan fingerprint density at radius 3 is 2.43 bits per heavy atom. The van der Waals surface area contributed by atoms with E-state index >= 15 is 0 Å². The molecule has 116 valence electrons. The van der Waals surface area contributed by atoms with Gasteiger partial charge < -0.3 is 10.6 Å². The van der Waals surface area contributed by atoms with Crippen LogP contribution in [0.5, 0.6) is 0 Å². The van der Waals surface area contributed by atoms with E-state index in [-0.39, 0.29) is 5.82 Å². The van der Waals surface area contributed by atoms with Crippen LogP contribution in [-0.2, 0) is 0 Å². The molecule has 0 amide bonds. The highest BCUT2D eigenvalue weighted by Crippen LogP contribution is 2.20. The largest absolute Gasteiger partial charge is 0.340 e. The first-order valence-electron chi connectivity index (χ1n) is 6.99. The molecule has 0 unspecified atom stereocenters. The van der Waals surface area contributed by atoms with E-state index in [9.17, 15) is 4.39 Å². The minimum atomic E-state index is -0.317. The zero-order valence-electron chi connectivity index (χ0n) is 12.3. The van der Waals surface area contributed by atoms with Crippen LogP contribution < -0.4 is 10.6 Å². The molecule has 0 saturated heterocycles. The van der Waals surface area contributed by atoms with Crippen molar-refractivity contribution in [3.8, 4) is 0 Å². The molecule has 0 radical (unpaired) electrons. The molecule has 0 aliphatic heterocycles. The van der Waals surface area contributed by atoms with Crippen molar-refractivity contribution < 1.29 is 4.39 Å². The topological polar surface area (TPSA) is 49.8 Å². The van der Waals surface area contributed by atoms with Crippen LogP contribution in [0.3, 0.4) is 0 Å². The summed E-state index contributed by atoms with van der Waals surface area (Å²) in [6.45, 7) is 1.87. The molecule has 0 spiro atoms. The van der Waals surface area contributed by atoms with Gasteiger partial charge in [-0.3, -0.25) is 0 Å². The van der Waals surface area contributed by atoms with Gasteiger partial charge in [0.15, 0.2) is 0 Å². The van der Waals surface area contributed by atoms with Crippen molar-refractivity contribution in [3.63, 3.8) is 0 Å². The molecule has 1 heterocycles. The lowest BCUT2D eigenvalue weighted by molar-refractivity contribution is 0.628. The second-order valence-corrected chi connectivity index (χ2v) is 5.42. The standard InChI is InChI=1S/C17H14ClFN4/c1-11-9-16(21-14-7-5-12(18)6-8-14)23-17(20-11)22-15-4-2-3-13(19)10-15/h2-10H,1H3,(H2,20,21,22,23). The SMILES string of the molecule is Cc1cc(Nc2ccc(Cl)cc2)nc(Nc2cccc(F)c2)n1. The van der Waals surface area contributed by atoms with Crippen LogP contribution in [0, 0.1) is 12.7 Å². The van der Waals surface area contributed by atoms with E-state index in [2.05, 4.69) is 20.6 Å². The summed E-state index contributed by atoms with van der Waals surface area (Å²) in [4.78, 5) is 8.70. The molecule has 0 atom stereocenters. The van der Waals surface area contributed by atoms with Gasteiger partial charge in [-0.25, -0.2) is 9.37 Å². The number of rotatable bonds is 4. The lowest BCUT2D eigenvalue weighted by Gasteiger charge is -2.10. The van der Waals surface area contributed by atoms with Crippen LogP contribution in [0.25, 0.3) is 0 Å². The number of hydrogen-bond donors (Lipinski definition) is 2. The molecule has 3 rings (SSSR count). The smallest absolute Gasteiger partial charge is 0.229 e. The molecule has 0 bridgehead atoms. The molecule has 1 aromatic heterocycles. The van der Waals surface area contributed by atoms with Gasteiger partial charge in [0.25, 0.3) is 0 Å². The fourth-order valence-electron chi connectivity index (χ4n) is 2.06. The van der Waals surface area contributed by atoms with E-state index in [1.54, 1.807) is 24.3 Å². The molecule has 0 aliphatic carbocycles. The summed E-state index contributed by atoms with van der Waals surface area (Å²) in [5.41, 5.74) is 2.24. The monoisotopic (exact) mass is 328 g/mol. The van der Waals surface area contributed by atoms with Crippen molar-refractivity contribution >= 4 is 34.7 Å². The van der Waals surface area contributed by atoms with Gasteiger partial charge in [-0.2, -0.15) is 4.98 Å². The number of hydrogen-bond acceptors (Lipinski definition) is 4. The van der Waals surface area contributed by atoms with Gasteiger partial charge in [0, 0.05) is 28.2 Å². The predicted molar refractivity (Wildman–Crippen MR) is 91.2 cm³/mol. The lowest BCUT2D eigenvalue weighted by atomic mass is 10.3. The van der Waals surface area contributed by atoms with E-state index < -0.39 is 0 Å². The third kappa shape index (κ3) is 4.17. The third-order valence-electron chi connectivity index (χ3n) is 3.05. The van der Waals surface area contributed by atoms with E-state index in [1.807, 2.05) is 25.1 Å². The van der Waals surface area contributed by atoms with Crippen LogP contribution in [0.2, 0.25) is 5.02 Å². The Hall–Kier alpha value is -2.66. The minimum absolute atomic E-state index is 0.317. The number of benzene rings is 2. The molecule has 4 nitrogen and oxygen atoms in total. The van der Waals surface area contributed by atoms with Crippen molar-refractivity contribution in [2.24, 2.45) is 0 Å². The van der Waals surface area contributed by atoms with Crippen molar-refractivity contribution in [2.75, 3.05) is 10.6 Å². The average molecular weight is 329 g/mol. The zero-order valence-corrected chi connectivity index (χ0v) is 13.1. The van der Waals surface area contributed by atoms with Crippen molar-refractivity contribution in [3.05, 3.63) is 71.1 Å². The van der Waals surface area contributed by atoms with Crippen molar-refractivity contribution in [2.45, 2.75) is 6.92 Å². The summed E-state index contributed by atoms with van der Waals surface area (Å²) in [5, 5.41) is 6.85.